The Morgan fingerprint density at radius 1 is 1.44 bits per heavy atom. The van der Waals surface area contributed by atoms with Crippen molar-refractivity contribution in [2.45, 2.75) is 13.5 Å². The van der Waals surface area contributed by atoms with Crippen LogP contribution in [0.4, 0.5) is 5.69 Å². The van der Waals surface area contributed by atoms with Crippen LogP contribution in [0.1, 0.15) is 16.7 Å². The van der Waals surface area contributed by atoms with E-state index in [-0.39, 0.29) is 28.5 Å². The van der Waals surface area contributed by atoms with E-state index in [2.05, 4.69) is 11.9 Å². The Bertz CT molecular complexity index is 925. The standard InChI is InChI=1S/C19H19N3O4S/c1-3-8-20-19(27)17(21-9-4-5-14(11-21)12-23)18(24)15-7-6-13(2)16(10-15)22(25)26/h3-7,9-11,23H,1,8,12H2,2H3,(H-,20,24,27). The monoisotopic (exact) mass is 385 g/mol. The first-order chi connectivity index (χ1) is 12.9. The van der Waals surface area contributed by atoms with Crippen LogP contribution in [0, 0.1) is 17.0 Å². The molecule has 1 aromatic heterocycles. The van der Waals surface area contributed by atoms with Crippen molar-refractivity contribution in [3.63, 3.8) is 0 Å². The van der Waals surface area contributed by atoms with Gasteiger partial charge in [-0.3, -0.25) is 10.1 Å². The molecule has 0 fully saturated rings. The highest BCUT2D eigenvalue weighted by Crippen LogP contribution is 2.23. The number of nitrogens with zero attached hydrogens (tertiary/aromatic N) is 2. The molecule has 0 aliphatic carbocycles. The Hall–Kier alpha value is -3.10. The van der Waals surface area contributed by atoms with Crippen molar-refractivity contribution in [3.8, 4) is 0 Å². The fraction of sp³-hybridized carbons (Fsp3) is 0.158. The lowest BCUT2D eigenvalue weighted by molar-refractivity contribution is -0.578. The zero-order valence-corrected chi connectivity index (χ0v) is 15.5. The lowest BCUT2D eigenvalue weighted by Gasteiger charge is -2.17. The molecule has 140 valence electrons. The van der Waals surface area contributed by atoms with Crippen LogP contribution in [0.3, 0.4) is 0 Å². The van der Waals surface area contributed by atoms with Gasteiger partial charge in [0.15, 0.2) is 17.4 Å². The number of nitrogens with one attached hydrogen (secondary N) is 1. The van der Waals surface area contributed by atoms with Crippen molar-refractivity contribution < 1.29 is 19.7 Å². The second-order valence-corrected chi connectivity index (χ2v) is 6.12. The van der Waals surface area contributed by atoms with Crippen molar-refractivity contribution in [3.05, 3.63) is 82.2 Å². The van der Waals surface area contributed by atoms with Crippen LogP contribution < -0.4 is 15.0 Å². The fourth-order valence-corrected chi connectivity index (χ4v) is 2.71. The molecule has 0 saturated carbocycles. The summed E-state index contributed by atoms with van der Waals surface area (Å²) in [6, 6.07) is 7.67. The number of thiocarbonyl (C=S) groups is 1. The molecule has 0 aliphatic heterocycles. The summed E-state index contributed by atoms with van der Waals surface area (Å²) in [7, 11) is 0. The summed E-state index contributed by atoms with van der Waals surface area (Å²) in [5.74, 6) is -0.472. The molecule has 2 aromatic rings. The van der Waals surface area contributed by atoms with Gasteiger partial charge in [0.1, 0.15) is 0 Å². The number of aryl methyl sites for hydroxylation is 1. The van der Waals surface area contributed by atoms with E-state index >= 15 is 0 Å². The number of aromatic nitrogens is 1. The first-order valence-corrected chi connectivity index (χ1v) is 8.47. The normalized spacial score (nSPS) is 11.5. The molecular formula is C19H19N3O4S. The second-order valence-electron chi connectivity index (χ2n) is 5.71. The molecule has 0 amide bonds. The summed E-state index contributed by atoms with van der Waals surface area (Å²) < 4.78 is 1.50. The van der Waals surface area contributed by atoms with Crippen LogP contribution >= 0.6 is 12.2 Å². The van der Waals surface area contributed by atoms with Crippen LogP contribution in [0.25, 0.3) is 11.5 Å². The Morgan fingerprint density at radius 2 is 2.19 bits per heavy atom. The summed E-state index contributed by atoms with van der Waals surface area (Å²) >= 11 is 5.35. The van der Waals surface area contributed by atoms with Gasteiger partial charge in [-0.25, -0.2) is 0 Å². The highest BCUT2D eigenvalue weighted by molar-refractivity contribution is 7.81. The van der Waals surface area contributed by atoms with E-state index in [1.165, 1.54) is 22.8 Å². The zero-order valence-electron chi connectivity index (χ0n) is 14.7. The highest BCUT2D eigenvalue weighted by atomic mass is 32.1. The SMILES string of the molecule is C=CCNC(=S)/C(=C(/[O-])c1ccc(C)c([N+](=O)[O-])c1)[n+]1cccc(CO)c1. The second kappa shape index (κ2) is 9.02. The third kappa shape index (κ3) is 4.75. The van der Waals surface area contributed by atoms with Gasteiger partial charge in [-0.05, 0) is 24.3 Å². The number of hydrogen-bond acceptors (Lipinski definition) is 5. The van der Waals surface area contributed by atoms with Crippen LogP contribution in [-0.2, 0) is 6.61 Å². The van der Waals surface area contributed by atoms with E-state index in [0.717, 1.165) is 0 Å². The molecule has 0 bridgehead atoms. The van der Waals surface area contributed by atoms with Gasteiger partial charge in [0, 0.05) is 29.8 Å². The molecule has 0 aliphatic rings. The average molecular weight is 385 g/mol. The first kappa shape index (κ1) is 20.2. The van der Waals surface area contributed by atoms with Crippen molar-refractivity contribution in [1.82, 2.24) is 5.32 Å². The maximum Gasteiger partial charge on any atom is 0.272 e. The largest absolute Gasteiger partial charge is 0.867 e. The summed E-state index contributed by atoms with van der Waals surface area (Å²) in [6.45, 7) is 5.36. The smallest absolute Gasteiger partial charge is 0.272 e. The molecule has 0 unspecified atom stereocenters. The molecule has 0 atom stereocenters. The molecule has 2 rings (SSSR count). The molecule has 1 aromatic carbocycles. The lowest BCUT2D eigenvalue weighted by Crippen LogP contribution is -2.42. The van der Waals surface area contributed by atoms with Gasteiger partial charge >= 0.3 is 0 Å². The van der Waals surface area contributed by atoms with Crippen LogP contribution in [0.2, 0.25) is 0 Å². The fourth-order valence-electron chi connectivity index (χ4n) is 2.43. The predicted octanol–water partition coefficient (Wildman–Crippen LogP) is 1.47. The van der Waals surface area contributed by atoms with Gasteiger partial charge in [0.2, 0.25) is 5.70 Å². The quantitative estimate of drug-likeness (QED) is 0.142. The van der Waals surface area contributed by atoms with E-state index in [1.54, 1.807) is 37.5 Å². The number of rotatable bonds is 7. The van der Waals surface area contributed by atoms with Crippen LogP contribution in [0.5, 0.6) is 0 Å². The average Bonchev–Trinajstić information content (AvgIpc) is 2.66. The van der Waals surface area contributed by atoms with Gasteiger partial charge in [-0.1, -0.05) is 30.4 Å². The van der Waals surface area contributed by atoms with Crippen molar-refractivity contribution >= 4 is 34.3 Å². The van der Waals surface area contributed by atoms with Crippen LogP contribution in [0.15, 0.2) is 55.4 Å². The first-order valence-electron chi connectivity index (χ1n) is 8.06. The van der Waals surface area contributed by atoms with Crippen molar-refractivity contribution in [2.24, 2.45) is 0 Å². The Morgan fingerprint density at radius 3 is 2.81 bits per heavy atom. The van der Waals surface area contributed by atoms with E-state index in [1.807, 2.05) is 0 Å². The Balaban J connectivity index is 2.66. The third-order valence-electron chi connectivity index (χ3n) is 3.81. The number of hydrogen-bond donors (Lipinski definition) is 2. The van der Waals surface area contributed by atoms with Crippen LogP contribution in [-0.4, -0.2) is 21.6 Å². The predicted molar refractivity (Wildman–Crippen MR) is 104 cm³/mol. The van der Waals surface area contributed by atoms with Gasteiger partial charge in [0.05, 0.1) is 11.5 Å². The summed E-state index contributed by atoms with van der Waals surface area (Å²) in [4.78, 5) is 10.8. The van der Waals surface area contributed by atoms with E-state index in [9.17, 15) is 20.3 Å². The molecule has 1 heterocycles. The summed E-state index contributed by atoms with van der Waals surface area (Å²) in [5, 5.41) is 36.6. The molecule has 2 N–H and O–H groups in total. The molecule has 0 radical (unpaired) electrons. The van der Waals surface area contributed by atoms with E-state index < -0.39 is 10.7 Å². The van der Waals surface area contributed by atoms with Gasteiger partial charge in [0.25, 0.3) is 5.69 Å². The highest BCUT2D eigenvalue weighted by Gasteiger charge is 2.20. The molecule has 8 heteroatoms. The number of aliphatic hydroxyl groups excluding tert-OH is 1. The van der Waals surface area contributed by atoms with E-state index in [4.69, 9.17) is 12.2 Å². The maximum atomic E-state index is 13.1. The minimum atomic E-state index is -0.528. The molecule has 7 nitrogen and oxygen atoms in total. The maximum absolute atomic E-state index is 13.1. The Kier molecular flexibility index (Phi) is 6.75. The molecule has 27 heavy (non-hydrogen) atoms. The number of pyridine rings is 1. The van der Waals surface area contributed by atoms with Gasteiger partial charge < -0.3 is 15.5 Å². The summed E-state index contributed by atoms with van der Waals surface area (Å²) in [5.41, 5.74) is 1.18. The van der Waals surface area contributed by atoms with E-state index in [0.29, 0.717) is 17.7 Å². The minimum Gasteiger partial charge on any atom is -0.867 e. The third-order valence-corrected chi connectivity index (χ3v) is 4.15. The van der Waals surface area contributed by atoms with Gasteiger partial charge in [-0.2, -0.15) is 4.57 Å². The number of aliphatic hydroxyl groups is 1. The van der Waals surface area contributed by atoms with Gasteiger partial charge in [-0.15, -0.1) is 6.58 Å². The number of benzene rings is 1. The molecular weight excluding hydrogens is 366 g/mol. The lowest BCUT2D eigenvalue weighted by atomic mass is 10.1. The van der Waals surface area contributed by atoms with Crippen molar-refractivity contribution in [2.75, 3.05) is 6.54 Å². The topological polar surface area (TPSA) is 102 Å². The summed E-state index contributed by atoms with van der Waals surface area (Å²) in [6.07, 6.45) is 4.80. The number of nitro groups is 1. The molecule has 0 spiro atoms. The number of nitro benzene ring substituents is 1. The Labute approximate surface area is 162 Å². The zero-order chi connectivity index (χ0) is 20.0. The minimum absolute atomic E-state index is 0.125. The van der Waals surface area contributed by atoms with Crippen molar-refractivity contribution in [1.29, 1.82) is 0 Å². The molecule has 0 saturated heterocycles.